The number of likely N-dealkylation sites (N-methyl/N-ethyl adjacent to an activating group) is 1. The Labute approximate surface area is 256 Å². The smallest absolute Gasteiger partial charge is 0.351 e. The van der Waals surface area contributed by atoms with Crippen molar-refractivity contribution in [2.75, 3.05) is 11.4 Å². The van der Waals surface area contributed by atoms with E-state index in [1.165, 1.54) is 11.0 Å². The van der Waals surface area contributed by atoms with E-state index in [1.807, 2.05) is 36.4 Å². The zero-order chi connectivity index (χ0) is 31.6. The molecule has 1 aliphatic rings. The number of anilines is 1. The second-order valence-corrected chi connectivity index (χ2v) is 11.0. The average molecular weight is 624 g/mol. The second-order valence-electron chi connectivity index (χ2n) is 10.3. The van der Waals surface area contributed by atoms with E-state index in [0.717, 1.165) is 29.4 Å². The molecule has 0 radical (unpaired) electrons. The predicted octanol–water partition coefficient (Wildman–Crippen LogP) is 5.43. The minimum atomic E-state index is -4.64. The lowest BCUT2D eigenvalue weighted by Gasteiger charge is -2.38. The van der Waals surface area contributed by atoms with Gasteiger partial charge in [-0.2, -0.15) is 18.3 Å². The maximum absolute atomic E-state index is 14.2. The van der Waals surface area contributed by atoms with E-state index >= 15 is 0 Å². The van der Waals surface area contributed by atoms with Crippen LogP contribution >= 0.6 is 11.6 Å². The fraction of sp³-hybridized carbons (Fsp3) is 0.250. The molecule has 2 N–H and O–H groups in total. The Kier molecular flexibility index (Phi) is 8.78. The summed E-state index contributed by atoms with van der Waals surface area (Å²) >= 11 is 5.89. The van der Waals surface area contributed by atoms with E-state index in [-0.39, 0.29) is 24.6 Å². The van der Waals surface area contributed by atoms with Gasteiger partial charge in [-0.1, -0.05) is 48.5 Å². The molecule has 3 amide bonds. The van der Waals surface area contributed by atoms with Gasteiger partial charge in [-0.05, 0) is 55.3 Å². The molecule has 3 aromatic carbocycles. The summed E-state index contributed by atoms with van der Waals surface area (Å²) < 4.78 is 41.9. The van der Waals surface area contributed by atoms with Gasteiger partial charge in [0.05, 0.1) is 17.4 Å². The summed E-state index contributed by atoms with van der Waals surface area (Å²) in [5.41, 5.74) is 1.52. The number of fused-ring (bicyclic) bond motifs is 1. The van der Waals surface area contributed by atoms with Crippen molar-refractivity contribution in [3.05, 3.63) is 113 Å². The van der Waals surface area contributed by atoms with E-state index in [1.54, 1.807) is 42.9 Å². The molecule has 5 rings (SSSR count). The molecule has 2 heterocycles. The Balaban J connectivity index is 1.60. The summed E-state index contributed by atoms with van der Waals surface area (Å²) in [6, 6.07) is 19.3. The molecule has 228 valence electrons. The molecule has 0 spiro atoms. The summed E-state index contributed by atoms with van der Waals surface area (Å²) in [4.78, 5) is 41.2. The van der Waals surface area contributed by atoms with Crippen molar-refractivity contribution in [3.63, 3.8) is 0 Å². The minimum Gasteiger partial charge on any atom is -0.351 e. The third-order valence-corrected chi connectivity index (χ3v) is 7.62. The van der Waals surface area contributed by atoms with Crippen LogP contribution in [0.15, 0.2) is 85.1 Å². The van der Waals surface area contributed by atoms with E-state index in [2.05, 4.69) is 15.7 Å². The summed E-state index contributed by atoms with van der Waals surface area (Å²) in [6.07, 6.45) is -3.01. The average Bonchev–Trinajstić information content (AvgIpc) is 3.44. The molecule has 44 heavy (non-hydrogen) atoms. The Bertz CT molecular complexity index is 1690. The SMILES string of the molecule is CCN1C(=O)[C@@H](NC(=O)c2cccc(C(F)(F)F)c2)[C@H](c2cccc(CNC(=O)C(C)Cl)c2)c2cnn(-c3ccccc3)c21. The lowest BCUT2D eigenvalue weighted by Crippen LogP contribution is -2.55. The van der Waals surface area contributed by atoms with Crippen LogP contribution in [0.1, 0.15) is 52.4 Å². The van der Waals surface area contributed by atoms with Gasteiger partial charge in [-0.15, -0.1) is 11.6 Å². The number of rotatable bonds is 8. The predicted molar refractivity (Wildman–Crippen MR) is 160 cm³/mol. The number of hydrogen-bond donors (Lipinski definition) is 2. The van der Waals surface area contributed by atoms with Gasteiger partial charge in [0.1, 0.15) is 17.2 Å². The van der Waals surface area contributed by atoms with E-state index in [0.29, 0.717) is 16.9 Å². The Morgan fingerprint density at radius 1 is 1.02 bits per heavy atom. The van der Waals surface area contributed by atoms with Crippen LogP contribution in [-0.2, 0) is 22.3 Å². The zero-order valence-corrected chi connectivity index (χ0v) is 24.6. The number of halogens is 4. The van der Waals surface area contributed by atoms with Gasteiger partial charge in [0.15, 0.2) is 0 Å². The fourth-order valence-electron chi connectivity index (χ4n) is 5.31. The molecule has 0 saturated heterocycles. The number of hydrogen-bond acceptors (Lipinski definition) is 4. The van der Waals surface area contributed by atoms with Crippen molar-refractivity contribution >= 4 is 35.1 Å². The highest BCUT2D eigenvalue weighted by Gasteiger charge is 2.44. The number of amides is 3. The maximum atomic E-state index is 14.2. The lowest BCUT2D eigenvalue weighted by molar-refractivity contribution is -0.137. The summed E-state index contributed by atoms with van der Waals surface area (Å²) in [5, 5.41) is 9.36. The van der Waals surface area contributed by atoms with Crippen LogP contribution < -0.4 is 15.5 Å². The van der Waals surface area contributed by atoms with Crippen LogP contribution in [0.5, 0.6) is 0 Å². The first-order valence-electron chi connectivity index (χ1n) is 13.9. The number of carbonyl (C=O) groups is 3. The third-order valence-electron chi connectivity index (χ3n) is 7.42. The number of carbonyl (C=O) groups excluding carboxylic acids is 3. The van der Waals surface area contributed by atoms with Crippen LogP contribution in [0, 0.1) is 0 Å². The molecule has 0 aliphatic carbocycles. The van der Waals surface area contributed by atoms with Gasteiger partial charge >= 0.3 is 6.18 Å². The van der Waals surface area contributed by atoms with Crippen LogP contribution in [0.3, 0.4) is 0 Å². The highest BCUT2D eigenvalue weighted by Crippen LogP contribution is 2.41. The molecule has 0 fully saturated rings. The number of nitrogens with zero attached hydrogens (tertiary/aromatic N) is 3. The normalized spacial score (nSPS) is 17.1. The van der Waals surface area contributed by atoms with Gasteiger partial charge in [-0.25, -0.2) is 4.68 Å². The van der Waals surface area contributed by atoms with Gasteiger partial charge in [0.2, 0.25) is 5.91 Å². The topological polar surface area (TPSA) is 96.3 Å². The molecule has 12 heteroatoms. The highest BCUT2D eigenvalue weighted by atomic mass is 35.5. The lowest BCUT2D eigenvalue weighted by atomic mass is 9.81. The summed E-state index contributed by atoms with van der Waals surface area (Å²) in [5.74, 6) is -1.85. The molecule has 3 atom stereocenters. The van der Waals surface area contributed by atoms with Gasteiger partial charge < -0.3 is 10.6 Å². The molecular weight excluding hydrogens is 595 g/mol. The van der Waals surface area contributed by atoms with Gasteiger partial charge in [0.25, 0.3) is 11.8 Å². The molecule has 1 aromatic heterocycles. The van der Waals surface area contributed by atoms with E-state index < -0.39 is 40.9 Å². The monoisotopic (exact) mass is 623 g/mol. The quantitative estimate of drug-likeness (QED) is 0.256. The van der Waals surface area contributed by atoms with Gasteiger partial charge in [-0.3, -0.25) is 19.3 Å². The first-order valence-corrected chi connectivity index (χ1v) is 14.4. The standard InChI is InChI=1S/C32H29ClF3N5O3/c1-3-40-30-25(18-38-41(30)24-13-5-4-6-14-24)26(21-10-7-9-20(15-21)17-37-28(42)19(2)33)27(31(40)44)39-29(43)22-11-8-12-23(16-22)32(34,35)36/h4-16,18-19,26-27H,3,17H2,1-2H3,(H,37,42)(H,39,43)/t19?,26-,27+/m1/s1. The summed E-state index contributed by atoms with van der Waals surface area (Å²) in [7, 11) is 0. The van der Waals surface area contributed by atoms with Crippen LogP contribution in [0.25, 0.3) is 5.69 Å². The fourth-order valence-corrected chi connectivity index (χ4v) is 5.38. The number of aromatic nitrogens is 2. The Hall–Kier alpha value is -4.64. The number of benzene rings is 3. The minimum absolute atomic E-state index is 0.170. The first kappa shape index (κ1) is 30.8. The van der Waals surface area contributed by atoms with Crippen LogP contribution in [0.4, 0.5) is 19.0 Å². The van der Waals surface area contributed by atoms with Crippen molar-refractivity contribution in [2.45, 2.75) is 43.9 Å². The van der Waals surface area contributed by atoms with Crippen LogP contribution in [-0.4, -0.2) is 45.5 Å². The Morgan fingerprint density at radius 3 is 2.43 bits per heavy atom. The van der Waals surface area contributed by atoms with Crippen LogP contribution in [0.2, 0.25) is 0 Å². The molecule has 4 aromatic rings. The van der Waals surface area contributed by atoms with Crippen molar-refractivity contribution in [1.82, 2.24) is 20.4 Å². The number of para-hydroxylation sites is 1. The zero-order valence-electron chi connectivity index (χ0n) is 23.8. The van der Waals surface area contributed by atoms with Crippen molar-refractivity contribution in [3.8, 4) is 5.69 Å². The highest BCUT2D eigenvalue weighted by molar-refractivity contribution is 6.30. The van der Waals surface area contributed by atoms with Crippen molar-refractivity contribution < 1.29 is 27.6 Å². The summed E-state index contributed by atoms with van der Waals surface area (Å²) in [6.45, 7) is 3.76. The van der Waals surface area contributed by atoms with E-state index in [4.69, 9.17) is 11.6 Å². The van der Waals surface area contributed by atoms with E-state index in [9.17, 15) is 27.6 Å². The molecule has 0 saturated carbocycles. The Morgan fingerprint density at radius 2 is 1.75 bits per heavy atom. The first-order chi connectivity index (χ1) is 21.0. The molecular formula is C32H29ClF3N5O3. The van der Waals surface area contributed by atoms with Gasteiger partial charge in [0, 0.05) is 30.1 Å². The second kappa shape index (κ2) is 12.5. The molecule has 1 unspecified atom stereocenters. The molecule has 8 nitrogen and oxygen atoms in total. The van der Waals surface area contributed by atoms with Crippen molar-refractivity contribution in [1.29, 1.82) is 0 Å². The molecule has 0 bridgehead atoms. The maximum Gasteiger partial charge on any atom is 0.416 e. The van der Waals surface area contributed by atoms with Crippen molar-refractivity contribution in [2.24, 2.45) is 0 Å². The third kappa shape index (κ3) is 6.19. The number of alkyl halides is 4. The largest absolute Gasteiger partial charge is 0.416 e. The molecule has 1 aliphatic heterocycles. The number of nitrogens with one attached hydrogen (secondary N) is 2.